The van der Waals surface area contributed by atoms with Gasteiger partial charge in [0.15, 0.2) is 0 Å². The topological polar surface area (TPSA) is 35.2 Å². The van der Waals surface area contributed by atoms with Crippen LogP contribution >= 0.6 is 27.3 Å². The quantitative estimate of drug-likeness (QED) is 0.887. The molecule has 0 amide bonds. The van der Waals surface area contributed by atoms with Gasteiger partial charge in [0, 0.05) is 28.9 Å². The summed E-state index contributed by atoms with van der Waals surface area (Å²) in [6.45, 7) is 0.615. The lowest BCUT2D eigenvalue weighted by Crippen LogP contribution is -2.27. The molecule has 0 aromatic carbocycles. The van der Waals surface area contributed by atoms with Crippen molar-refractivity contribution in [2.45, 2.75) is 12.5 Å². The Bertz CT molecular complexity index is 239. The number of nitrogens with two attached hydrogens (primary N) is 1. The third-order valence-corrected chi connectivity index (χ3v) is 3.47. The molecule has 0 spiro atoms. The van der Waals surface area contributed by atoms with Gasteiger partial charge in [-0.2, -0.15) is 0 Å². The van der Waals surface area contributed by atoms with E-state index in [1.54, 1.807) is 18.4 Å². The molecule has 0 bridgehead atoms. The van der Waals surface area contributed by atoms with E-state index in [0.29, 0.717) is 6.61 Å². The molecule has 2 N–H and O–H groups in total. The van der Waals surface area contributed by atoms with Crippen LogP contribution in [0.2, 0.25) is 0 Å². The largest absolute Gasteiger partial charge is 0.383 e. The summed E-state index contributed by atoms with van der Waals surface area (Å²) in [5, 5.41) is 2.05. The van der Waals surface area contributed by atoms with E-state index in [1.165, 1.54) is 4.88 Å². The van der Waals surface area contributed by atoms with Gasteiger partial charge in [0.25, 0.3) is 0 Å². The van der Waals surface area contributed by atoms with E-state index in [4.69, 9.17) is 10.5 Å². The van der Waals surface area contributed by atoms with E-state index < -0.39 is 0 Å². The minimum Gasteiger partial charge on any atom is -0.383 e. The summed E-state index contributed by atoms with van der Waals surface area (Å²) in [7, 11) is 1.67. The van der Waals surface area contributed by atoms with Crippen molar-refractivity contribution in [1.29, 1.82) is 0 Å². The van der Waals surface area contributed by atoms with Gasteiger partial charge in [0.1, 0.15) is 0 Å². The van der Waals surface area contributed by atoms with E-state index in [0.717, 1.165) is 10.9 Å². The molecule has 1 aromatic rings. The fourth-order valence-corrected chi connectivity index (χ4v) is 2.59. The molecule has 0 saturated carbocycles. The maximum Gasteiger partial charge on any atom is 0.0617 e. The Labute approximate surface area is 84.9 Å². The summed E-state index contributed by atoms with van der Waals surface area (Å²) in [5.74, 6) is 0. The van der Waals surface area contributed by atoms with Crippen molar-refractivity contribution in [3.8, 4) is 0 Å². The zero-order valence-electron chi connectivity index (χ0n) is 6.92. The lowest BCUT2D eigenvalue weighted by Gasteiger charge is -2.08. The summed E-state index contributed by atoms with van der Waals surface area (Å²) in [6.07, 6.45) is 0.881. The van der Waals surface area contributed by atoms with Gasteiger partial charge in [-0.05, 0) is 27.4 Å². The van der Waals surface area contributed by atoms with Crippen LogP contribution in [0.15, 0.2) is 15.9 Å². The molecule has 0 fully saturated rings. The van der Waals surface area contributed by atoms with Crippen LogP contribution in [0.1, 0.15) is 4.88 Å². The number of halogens is 1. The predicted octanol–water partition coefficient (Wildman–Crippen LogP) is 2.03. The third kappa shape index (κ3) is 2.86. The Hall–Kier alpha value is 0.100. The summed E-state index contributed by atoms with van der Waals surface area (Å²) in [6, 6.07) is 2.14. The smallest absolute Gasteiger partial charge is 0.0617 e. The van der Waals surface area contributed by atoms with Crippen LogP contribution in [0.3, 0.4) is 0 Å². The molecule has 0 aliphatic carbocycles. The van der Waals surface area contributed by atoms with E-state index in [2.05, 4.69) is 21.3 Å². The van der Waals surface area contributed by atoms with Gasteiger partial charge >= 0.3 is 0 Å². The highest BCUT2D eigenvalue weighted by Gasteiger charge is 2.07. The minimum absolute atomic E-state index is 0.102. The monoisotopic (exact) mass is 249 g/mol. The van der Waals surface area contributed by atoms with Crippen molar-refractivity contribution in [2.24, 2.45) is 5.73 Å². The number of hydrogen-bond acceptors (Lipinski definition) is 3. The van der Waals surface area contributed by atoms with E-state index in [1.807, 2.05) is 6.07 Å². The normalized spacial score (nSPS) is 13.2. The highest BCUT2D eigenvalue weighted by Crippen LogP contribution is 2.23. The van der Waals surface area contributed by atoms with Crippen LogP contribution in [0.25, 0.3) is 0 Å². The second-order valence-electron chi connectivity index (χ2n) is 2.61. The lowest BCUT2D eigenvalue weighted by molar-refractivity contribution is 0.180. The zero-order valence-corrected chi connectivity index (χ0v) is 9.32. The van der Waals surface area contributed by atoms with Crippen LogP contribution in [-0.2, 0) is 11.2 Å². The number of ether oxygens (including phenoxy) is 1. The van der Waals surface area contributed by atoms with E-state index in [-0.39, 0.29) is 6.04 Å². The minimum atomic E-state index is 0.102. The summed E-state index contributed by atoms with van der Waals surface area (Å²) < 4.78 is 6.11. The van der Waals surface area contributed by atoms with Crippen molar-refractivity contribution in [2.75, 3.05) is 13.7 Å². The Balaban J connectivity index is 2.46. The van der Waals surface area contributed by atoms with Crippen LogP contribution in [-0.4, -0.2) is 19.8 Å². The third-order valence-electron chi connectivity index (χ3n) is 1.52. The first-order chi connectivity index (χ1) is 5.74. The first-order valence-corrected chi connectivity index (χ1v) is 5.37. The highest BCUT2D eigenvalue weighted by molar-refractivity contribution is 9.10. The van der Waals surface area contributed by atoms with Crippen molar-refractivity contribution >= 4 is 27.3 Å². The van der Waals surface area contributed by atoms with Gasteiger partial charge in [0.05, 0.1) is 6.61 Å². The zero-order chi connectivity index (χ0) is 8.97. The van der Waals surface area contributed by atoms with Crippen molar-refractivity contribution in [1.82, 2.24) is 0 Å². The molecule has 0 saturated heterocycles. The molecular weight excluding hydrogens is 238 g/mol. The highest BCUT2D eigenvalue weighted by atomic mass is 79.9. The fraction of sp³-hybridized carbons (Fsp3) is 0.500. The van der Waals surface area contributed by atoms with Crippen LogP contribution in [0, 0.1) is 0 Å². The molecule has 1 aromatic heterocycles. The lowest BCUT2D eigenvalue weighted by atomic mass is 10.2. The predicted molar refractivity (Wildman–Crippen MR) is 55.6 cm³/mol. The number of hydrogen-bond donors (Lipinski definition) is 1. The molecule has 4 heteroatoms. The maximum atomic E-state index is 5.81. The van der Waals surface area contributed by atoms with E-state index in [9.17, 15) is 0 Å². The maximum absolute atomic E-state index is 5.81. The Morgan fingerprint density at radius 3 is 3.00 bits per heavy atom. The van der Waals surface area contributed by atoms with Crippen LogP contribution < -0.4 is 5.73 Å². The molecule has 0 aliphatic heterocycles. The molecule has 0 aliphatic rings. The molecular formula is C8H12BrNOS. The average Bonchev–Trinajstić information content (AvgIpc) is 2.37. The molecule has 2 nitrogen and oxygen atoms in total. The second kappa shape index (κ2) is 4.97. The molecule has 0 radical (unpaired) electrons. The van der Waals surface area contributed by atoms with Gasteiger partial charge in [-0.15, -0.1) is 11.3 Å². The van der Waals surface area contributed by atoms with Crippen LogP contribution in [0.4, 0.5) is 0 Å². The summed E-state index contributed by atoms with van der Waals surface area (Å²) in [5.41, 5.74) is 5.81. The molecule has 68 valence electrons. The van der Waals surface area contributed by atoms with Gasteiger partial charge in [-0.25, -0.2) is 0 Å². The van der Waals surface area contributed by atoms with Crippen molar-refractivity contribution in [3.63, 3.8) is 0 Å². The van der Waals surface area contributed by atoms with Crippen molar-refractivity contribution in [3.05, 3.63) is 20.8 Å². The Kier molecular flexibility index (Phi) is 4.21. The SMILES string of the molecule is COCC(N)Cc1sccc1Br. The average molecular weight is 250 g/mol. The van der Waals surface area contributed by atoms with Crippen LogP contribution in [0.5, 0.6) is 0 Å². The van der Waals surface area contributed by atoms with E-state index >= 15 is 0 Å². The number of thiophene rings is 1. The fourth-order valence-electron chi connectivity index (χ4n) is 0.982. The molecule has 1 rings (SSSR count). The number of rotatable bonds is 4. The van der Waals surface area contributed by atoms with Gasteiger partial charge in [-0.1, -0.05) is 0 Å². The summed E-state index contributed by atoms with van der Waals surface area (Å²) >= 11 is 5.18. The second-order valence-corrected chi connectivity index (χ2v) is 4.47. The molecule has 12 heavy (non-hydrogen) atoms. The number of methoxy groups -OCH3 is 1. The Morgan fingerprint density at radius 1 is 1.75 bits per heavy atom. The first kappa shape index (κ1) is 10.2. The first-order valence-electron chi connectivity index (χ1n) is 3.70. The van der Waals surface area contributed by atoms with Gasteiger partial charge in [0.2, 0.25) is 0 Å². The molecule has 1 atom stereocenters. The Morgan fingerprint density at radius 2 is 2.50 bits per heavy atom. The van der Waals surface area contributed by atoms with Gasteiger partial charge < -0.3 is 10.5 Å². The molecule has 1 unspecified atom stereocenters. The standard InChI is InChI=1S/C8H12BrNOS/c1-11-5-6(10)4-8-7(9)2-3-12-8/h2-3,6H,4-5,10H2,1H3. The van der Waals surface area contributed by atoms with Crippen molar-refractivity contribution < 1.29 is 4.74 Å². The van der Waals surface area contributed by atoms with Gasteiger partial charge in [-0.3, -0.25) is 0 Å². The molecule has 1 heterocycles. The summed E-state index contributed by atoms with van der Waals surface area (Å²) in [4.78, 5) is 1.29.